The third-order valence-corrected chi connectivity index (χ3v) is 6.47. The number of aromatic nitrogens is 2. The van der Waals surface area contributed by atoms with Gasteiger partial charge >= 0.3 is 0 Å². The number of methoxy groups -OCH3 is 1. The first-order chi connectivity index (χ1) is 12.2. The topological polar surface area (TPSA) is 61.7 Å². The van der Waals surface area contributed by atoms with E-state index in [4.69, 9.17) is 4.74 Å². The minimum Gasteiger partial charge on any atom is -0.393 e. The molecule has 6 nitrogen and oxygen atoms in total. The van der Waals surface area contributed by atoms with E-state index in [-0.39, 0.29) is 6.10 Å². The summed E-state index contributed by atoms with van der Waals surface area (Å²) in [5, 5.41) is 9.72. The minimum absolute atomic E-state index is 0.159. The third-order valence-electron chi connectivity index (χ3n) is 6.47. The molecule has 1 saturated carbocycles. The number of aliphatic hydroxyl groups is 1. The molecule has 4 rings (SSSR count). The molecular formula is C19H30N4O2. The van der Waals surface area contributed by atoms with Crippen molar-refractivity contribution in [2.45, 2.75) is 57.2 Å². The van der Waals surface area contributed by atoms with Crippen LogP contribution in [0.2, 0.25) is 0 Å². The van der Waals surface area contributed by atoms with Crippen LogP contribution in [0.3, 0.4) is 0 Å². The van der Waals surface area contributed by atoms with Gasteiger partial charge in [0.05, 0.1) is 12.2 Å². The van der Waals surface area contributed by atoms with Crippen LogP contribution in [0.1, 0.15) is 44.9 Å². The lowest BCUT2D eigenvalue weighted by Crippen LogP contribution is -2.48. The number of rotatable bonds is 3. The summed E-state index contributed by atoms with van der Waals surface area (Å²) in [6.07, 6.45) is 9.77. The molecule has 2 aliphatic heterocycles. The molecule has 0 amide bonds. The van der Waals surface area contributed by atoms with Gasteiger partial charge in [-0.1, -0.05) is 6.42 Å². The summed E-state index contributed by atoms with van der Waals surface area (Å²) in [5.74, 6) is 2.03. The molecule has 0 unspecified atom stereocenters. The molecule has 3 aliphatic rings. The number of aliphatic hydroxyl groups excluding tert-OH is 1. The molecule has 1 aromatic heterocycles. The van der Waals surface area contributed by atoms with Crippen LogP contribution in [-0.4, -0.2) is 60.6 Å². The monoisotopic (exact) mass is 346 g/mol. The second kappa shape index (κ2) is 7.08. The highest BCUT2D eigenvalue weighted by atomic mass is 16.5. The van der Waals surface area contributed by atoms with Crippen LogP contribution in [0, 0.1) is 5.41 Å². The smallest absolute Gasteiger partial charge is 0.134 e. The van der Waals surface area contributed by atoms with E-state index in [1.54, 1.807) is 6.33 Å². The van der Waals surface area contributed by atoms with Crippen molar-refractivity contribution in [1.82, 2.24) is 9.97 Å². The van der Waals surface area contributed by atoms with E-state index in [2.05, 4.69) is 25.8 Å². The normalized spacial score (nSPS) is 31.0. The fraction of sp³-hybridized carbons (Fsp3) is 0.789. The Morgan fingerprint density at radius 2 is 1.76 bits per heavy atom. The van der Waals surface area contributed by atoms with E-state index in [1.165, 1.54) is 32.1 Å². The second-order valence-corrected chi connectivity index (χ2v) is 7.96. The average molecular weight is 346 g/mol. The number of ether oxygens (including phenoxy) is 1. The van der Waals surface area contributed by atoms with Gasteiger partial charge in [-0.3, -0.25) is 0 Å². The Morgan fingerprint density at radius 3 is 2.52 bits per heavy atom. The third kappa shape index (κ3) is 3.34. The molecule has 1 aromatic rings. The molecule has 2 atom stereocenters. The molecule has 0 bridgehead atoms. The van der Waals surface area contributed by atoms with Gasteiger partial charge in [0.2, 0.25) is 0 Å². The lowest BCUT2D eigenvalue weighted by molar-refractivity contribution is 0.00216. The number of anilines is 2. The van der Waals surface area contributed by atoms with Gasteiger partial charge in [-0.2, -0.15) is 0 Å². The number of hydrogen-bond donors (Lipinski definition) is 1. The Balaban J connectivity index is 1.51. The van der Waals surface area contributed by atoms with Gasteiger partial charge in [0.1, 0.15) is 18.0 Å². The quantitative estimate of drug-likeness (QED) is 0.905. The van der Waals surface area contributed by atoms with Gasteiger partial charge in [0, 0.05) is 44.8 Å². The van der Waals surface area contributed by atoms with Crippen LogP contribution in [0.25, 0.3) is 0 Å². The van der Waals surface area contributed by atoms with Crippen molar-refractivity contribution in [2.75, 3.05) is 43.1 Å². The van der Waals surface area contributed by atoms with E-state index >= 15 is 0 Å². The molecule has 3 fully saturated rings. The average Bonchev–Trinajstić information content (AvgIpc) is 3.04. The van der Waals surface area contributed by atoms with Crippen LogP contribution in [0.15, 0.2) is 12.4 Å². The molecule has 1 spiro atoms. The Hall–Kier alpha value is -1.40. The second-order valence-electron chi connectivity index (χ2n) is 7.96. The van der Waals surface area contributed by atoms with Crippen molar-refractivity contribution in [3.05, 3.63) is 12.4 Å². The highest BCUT2D eigenvalue weighted by Gasteiger charge is 2.46. The molecule has 2 saturated heterocycles. The van der Waals surface area contributed by atoms with Crippen LogP contribution >= 0.6 is 0 Å². The van der Waals surface area contributed by atoms with Gasteiger partial charge < -0.3 is 19.6 Å². The maximum atomic E-state index is 9.72. The zero-order valence-corrected chi connectivity index (χ0v) is 15.2. The van der Waals surface area contributed by atoms with Crippen molar-refractivity contribution >= 4 is 11.6 Å². The van der Waals surface area contributed by atoms with Gasteiger partial charge in [-0.05, 0) is 38.5 Å². The van der Waals surface area contributed by atoms with Gasteiger partial charge in [0.25, 0.3) is 0 Å². The maximum absolute atomic E-state index is 9.72. The van der Waals surface area contributed by atoms with Crippen LogP contribution in [0.5, 0.6) is 0 Å². The first kappa shape index (κ1) is 17.0. The highest BCUT2D eigenvalue weighted by molar-refractivity contribution is 5.51. The van der Waals surface area contributed by atoms with E-state index in [9.17, 15) is 5.11 Å². The maximum Gasteiger partial charge on any atom is 0.134 e. The Labute approximate surface area is 150 Å². The minimum atomic E-state index is -0.159. The van der Waals surface area contributed by atoms with Crippen molar-refractivity contribution in [3.8, 4) is 0 Å². The van der Waals surface area contributed by atoms with Crippen LogP contribution in [0.4, 0.5) is 11.6 Å². The lowest BCUT2D eigenvalue weighted by Gasteiger charge is -2.44. The van der Waals surface area contributed by atoms with Crippen molar-refractivity contribution in [3.63, 3.8) is 0 Å². The summed E-state index contributed by atoms with van der Waals surface area (Å²) >= 11 is 0. The van der Waals surface area contributed by atoms with Crippen molar-refractivity contribution in [2.24, 2.45) is 5.41 Å². The van der Waals surface area contributed by atoms with Crippen LogP contribution in [-0.2, 0) is 4.74 Å². The Morgan fingerprint density at radius 1 is 1.04 bits per heavy atom. The SMILES string of the molecule is CO[C@@H]1CCC[C@@]12CCCN(c1cc(N3CCC(O)CC3)ncn1)C2. The first-order valence-corrected chi connectivity index (χ1v) is 9.73. The predicted octanol–water partition coefficient (Wildman–Crippen LogP) is 2.22. The molecule has 6 heteroatoms. The Kier molecular flexibility index (Phi) is 4.82. The molecule has 1 aliphatic carbocycles. The Bertz CT molecular complexity index is 591. The molecule has 0 radical (unpaired) electrons. The molecular weight excluding hydrogens is 316 g/mol. The van der Waals surface area contributed by atoms with E-state index < -0.39 is 0 Å². The highest BCUT2D eigenvalue weighted by Crippen LogP contribution is 2.47. The summed E-state index contributed by atoms with van der Waals surface area (Å²) in [6, 6.07) is 2.13. The fourth-order valence-corrected chi connectivity index (χ4v) is 5.08. The largest absolute Gasteiger partial charge is 0.393 e. The zero-order chi connectivity index (χ0) is 17.3. The lowest BCUT2D eigenvalue weighted by atomic mass is 9.76. The fourth-order valence-electron chi connectivity index (χ4n) is 5.08. The standard InChI is InChI=1S/C19H30N4O2/c1-25-16-4-2-7-19(16)8-3-9-23(13-19)18-12-17(20-14-21-18)22-10-5-15(24)6-11-22/h12,14-16,24H,2-11,13H2,1H3/t16-,19+/m1/s1. The van der Waals surface area contributed by atoms with Crippen molar-refractivity contribution < 1.29 is 9.84 Å². The van der Waals surface area contributed by atoms with E-state index in [0.29, 0.717) is 11.5 Å². The first-order valence-electron chi connectivity index (χ1n) is 9.73. The van der Waals surface area contributed by atoms with Gasteiger partial charge in [0.15, 0.2) is 0 Å². The summed E-state index contributed by atoms with van der Waals surface area (Å²) in [4.78, 5) is 13.8. The van der Waals surface area contributed by atoms with Crippen molar-refractivity contribution in [1.29, 1.82) is 0 Å². The van der Waals surface area contributed by atoms with E-state index in [1.807, 2.05) is 7.11 Å². The summed E-state index contributed by atoms with van der Waals surface area (Å²) < 4.78 is 5.83. The molecule has 25 heavy (non-hydrogen) atoms. The molecule has 3 heterocycles. The van der Waals surface area contributed by atoms with Crippen LogP contribution < -0.4 is 9.80 Å². The summed E-state index contributed by atoms with van der Waals surface area (Å²) in [7, 11) is 1.87. The van der Waals surface area contributed by atoms with Gasteiger partial charge in [-0.15, -0.1) is 0 Å². The summed E-state index contributed by atoms with van der Waals surface area (Å²) in [5.41, 5.74) is 0.299. The number of piperidine rings is 2. The molecule has 138 valence electrons. The van der Waals surface area contributed by atoms with E-state index in [0.717, 1.165) is 50.7 Å². The zero-order valence-electron chi connectivity index (χ0n) is 15.2. The number of nitrogens with zero attached hydrogens (tertiary/aromatic N) is 4. The molecule has 0 aromatic carbocycles. The molecule has 1 N–H and O–H groups in total. The predicted molar refractivity (Wildman–Crippen MR) is 98.0 cm³/mol. The summed E-state index contributed by atoms with van der Waals surface area (Å²) in [6.45, 7) is 3.84. The number of hydrogen-bond acceptors (Lipinski definition) is 6. The van der Waals surface area contributed by atoms with Gasteiger partial charge in [-0.25, -0.2) is 9.97 Å².